The molecule has 1 atom stereocenters. The molecule has 0 fully saturated rings. The molecule has 0 saturated carbocycles. The van der Waals surface area contributed by atoms with E-state index in [1.54, 1.807) is 6.92 Å². The number of aromatic nitrogens is 2. The van der Waals surface area contributed by atoms with Gasteiger partial charge in [-0.25, -0.2) is 0 Å². The minimum absolute atomic E-state index is 0.315. The molecular formula is C14H17N3O2. The van der Waals surface area contributed by atoms with Crippen LogP contribution in [0.15, 0.2) is 22.6 Å². The van der Waals surface area contributed by atoms with Gasteiger partial charge in [0.1, 0.15) is 5.75 Å². The van der Waals surface area contributed by atoms with Crippen LogP contribution >= 0.6 is 0 Å². The Kier molecular flexibility index (Phi) is 3.21. The molecule has 1 unspecified atom stereocenters. The summed E-state index contributed by atoms with van der Waals surface area (Å²) in [6.45, 7) is 2.08. The van der Waals surface area contributed by atoms with Gasteiger partial charge in [0.2, 0.25) is 5.89 Å². The highest BCUT2D eigenvalue weighted by molar-refractivity contribution is 5.40. The maximum absolute atomic E-state index is 5.68. The minimum atomic E-state index is 0.315. The first-order chi connectivity index (χ1) is 9.26. The van der Waals surface area contributed by atoms with Crippen molar-refractivity contribution in [3.8, 4) is 5.75 Å². The third-order valence-electron chi connectivity index (χ3n) is 3.47. The number of nitrogens with zero attached hydrogens (tertiary/aromatic N) is 2. The first kappa shape index (κ1) is 12.2. The largest absolute Gasteiger partial charge is 0.484 e. The molecular weight excluding hydrogens is 242 g/mol. The number of ether oxygens (including phenoxy) is 1. The van der Waals surface area contributed by atoms with Crippen molar-refractivity contribution in [3.05, 3.63) is 41.1 Å². The molecule has 5 nitrogen and oxygen atoms in total. The smallest absolute Gasteiger partial charge is 0.253 e. The van der Waals surface area contributed by atoms with Gasteiger partial charge in [0, 0.05) is 13.0 Å². The van der Waals surface area contributed by atoms with Gasteiger partial charge in [0.05, 0.1) is 0 Å². The number of rotatable bonds is 4. The normalized spacial score (nSPS) is 17.5. The van der Waals surface area contributed by atoms with E-state index >= 15 is 0 Å². The first-order valence-electron chi connectivity index (χ1n) is 6.48. The molecule has 1 aromatic heterocycles. The van der Waals surface area contributed by atoms with Gasteiger partial charge in [-0.05, 0) is 43.1 Å². The van der Waals surface area contributed by atoms with Gasteiger partial charge in [0.25, 0.3) is 5.89 Å². The number of nitrogens with one attached hydrogen (secondary N) is 1. The Morgan fingerprint density at radius 1 is 1.42 bits per heavy atom. The molecule has 1 aliphatic rings. The molecule has 1 aliphatic carbocycles. The third kappa shape index (κ3) is 2.46. The van der Waals surface area contributed by atoms with E-state index in [2.05, 4.69) is 27.6 Å². The summed E-state index contributed by atoms with van der Waals surface area (Å²) in [5, 5.41) is 11.0. The summed E-state index contributed by atoms with van der Waals surface area (Å²) in [5.41, 5.74) is 2.74. The van der Waals surface area contributed by atoms with Crippen LogP contribution in [0.5, 0.6) is 5.75 Å². The van der Waals surface area contributed by atoms with Crippen LogP contribution in [0.1, 0.15) is 35.4 Å². The predicted molar refractivity (Wildman–Crippen MR) is 69.9 cm³/mol. The molecule has 0 radical (unpaired) electrons. The van der Waals surface area contributed by atoms with Crippen molar-refractivity contribution in [2.75, 3.05) is 7.05 Å². The molecule has 0 aliphatic heterocycles. The molecule has 3 rings (SSSR count). The lowest BCUT2D eigenvalue weighted by Crippen LogP contribution is -2.12. The van der Waals surface area contributed by atoms with Gasteiger partial charge < -0.3 is 14.5 Å². The van der Waals surface area contributed by atoms with Crippen LogP contribution < -0.4 is 10.1 Å². The summed E-state index contributed by atoms with van der Waals surface area (Å²) < 4.78 is 11.0. The summed E-state index contributed by atoms with van der Waals surface area (Å²) in [4.78, 5) is 0. The first-order valence-corrected chi connectivity index (χ1v) is 6.48. The number of aryl methyl sites for hydroxylation is 2. The number of hydrogen-bond donors (Lipinski definition) is 1. The van der Waals surface area contributed by atoms with Crippen LogP contribution in [-0.2, 0) is 13.0 Å². The molecule has 0 amide bonds. The maximum atomic E-state index is 5.68. The summed E-state index contributed by atoms with van der Waals surface area (Å²) in [6, 6.07) is 6.72. The third-order valence-corrected chi connectivity index (χ3v) is 3.47. The zero-order valence-electron chi connectivity index (χ0n) is 11.1. The quantitative estimate of drug-likeness (QED) is 0.911. The zero-order chi connectivity index (χ0) is 13.2. The van der Waals surface area contributed by atoms with Gasteiger partial charge in [-0.3, -0.25) is 0 Å². The van der Waals surface area contributed by atoms with Gasteiger partial charge in [0.15, 0.2) is 6.61 Å². The van der Waals surface area contributed by atoms with Crippen LogP contribution in [-0.4, -0.2) is 17.2 Å². The summed E-state index contributed by atoms with van der Waals surface area (Å²) in [6.07, 6.45) is 2.25. The minimum Gasteiger partial charge on any atom is -0.484 e. The van der Waals surface area contributed by atoms with Crippen molar-refractivity contribution in [1.82, 2.24) is 15.5 Å². The highest BCUT2D eigenvalue weighted by Gasteiger charge is 2.21. The highest BCUT2D eigenvalue weighted by atomic mass is 16.5. The average Bonchev–Trinajstić information content (AvgIpc) is 3.01. The Morgan fingerprint density at radius 3 is 3.05 bits per heavy atom. The van der Waals surface area contributed by atoms with E-state index in [1.165, 1.54) is 11.1 Å². The molecule has 1 N–H and O–H groups in total. The van der Waals surface area contributed by atoms with E-state index in [0.29, 0.717) is 24.4 Å². The van der Waals surface area contributed by atoms with E-state index in [1.807, 2.05) is 13.1 Å². The van der Waals surface area contributed by atoms with Gasteiger partial charge >= 0.3 is 0 Å². The lowest BCUT2D eigenvalue weighted by molar-refractivity contribution is 0.260. The predicted octanol–water partition coefficient (Wildman–Crippen LogP) is 2.16. The van der Waals surface area contributed by atoms with E-state index in [4.69, 9.17) is 9.15 Å². The number of hydrogen-bond acceptors (Lipinski definition) is 5. The second-order valence-electron chi connectivity index (χ2n) is 4.74. The average molecular weight is 259 g/mol. The SMILES string of the molecule is CNC1CCc2cc(OCc3nnc(C)o3)ccc21. The topological polar surface area (TPSA) is 60.2 Å². The molecule has 1 aromatic carbocycles. The summed E-state index contributed by atoms with van der Waals surface area (Å²) in [5.74, 6) is 1.92. The highest BCUT2D eigenvalue weighted by Crippen LogP contribution is 2.33. The van der Waals surface area contributed by atoms with E-state index in [9.17, 15) is 0 Å². The van der Waals surface area contributed by atoms with Gasteiger partial charge in [-0.1, -0.05) is 6.07 Å². The molecule has 19 heavy (non-hydrogen) atoms. The number of fused-ring (bicyclic) bond motifs is 1. The molecule has 0 bridgehead atoms. The fourth-order valence-corrected chi connectivity index (χ4v) is 2.52. The fourth-order valence-electron chi connectivity index (χ4n) is 2.52. The van der Waals surface area contributed by atoms with Crippen molar-refractivity contribution in [3.63, 3.8) is 0 Å². The van der Waals surface area contributed by atoms with Crippen LogP contribution in [0.25, 0.3) is 0 Å². The molecule has 5 heteroatoms. The molecule has 1 heterocycles. The summed E-state index contributed by atoms with van der Waals surface area (Å²) in [7, 11) is 2.00. The second-order valence-corrected chi connectivity index (χ2v) is 4.74. The lowest BCUT2D eigenvalue weighted by atomic mass is 10.1. The van der Waals surface area contributed by atoms with Crippen molar-refractivity contribution in [2.24, 2.45) is 0 Å². The van der Waals surface area contributed by atoms with Crippen LogP contribution in [0.3, 0.4) is 0 Å². The maximum Gasteiger partial charge on any atom is 0.253 e. The second kappa shape index (κ2) is 5.01. The molecule has 0 spiro atoms. The Hall–Kier alpha value is -1.88. The van der Waals surface area contributed by atoms with Crippen LogP contribution in [0.4, 0.5) is 0 Å². The Bertz CT molecular complexity index is 580. The van der Waals surface area contributed by atoms with Gasteiger partial charge in [-0.2, -0.15) is 0 Å². The van der Waals surface area contributed by atoms with Crippen molar-refractivity contribution >= 4 is 0 Å². The van der Waals surface area contributed by atoms with E-state index in [0.717, 1.165) is 18.6 Å². The van der Waals surface area contributed by atoms with Crippen molar-refractivity contribution < 1.29 is 9.15 Å². The van der Waals surface area contributed by atoms with Crippen molar-refractivity contribution in [2.45, 2.75) is 32.4 Å². The Balaban J connectivity index is 1.69. The van der Waals surface area contributed by atoms with Crippen molar-refractivity contribution in [1.29, 1.82) is 0 Å². The van der Waals surface area contributed by atoms with Gasteiger partial charge in [-0.15, -0.1) is 10.2 Å². The number of benzene rings is 1. The Morgan fingerprint density at radius 2 is 2.32 bits per heavy atom. The molecule has 0 saturated heterocycles. The Labute approximate surface area is 112 Å². The zero-order valence-corrected chi connectivity index (χ0v) is 11.1. The van der Waals surface area contributed by atoms with E-state index in [-0.39, 0.29) is 0 Å². The van der Waals surface area contributed by atoms with Crippen LogP contribution in [0.2, 0.25) is 0 Å². The standard InChI is InChI=1S/C14H17N3O2/c1-9-16-17-14(19-9)8-18-11-4-5-12-10(7-11)3-6-13(12)15-2/h4-5,7,13,15H,3,6,8H2,1-2H3. The molecule has 100 valence electrons. The fraction of sp³-hybridized carbons (Fsp3) is 0.429. The lowest BCUT2D eigenvalue weighted by Gasteiger charge is -2.10. The monoisotopic (exact) mass is 259 g/mol. The van der Waals surface area contributed by atoms with E-state index < -0.39 is 0 Å². The van der Waals surface area contributed by atoms with Crippen LogP contribution in [0, 0.1) is 6.92 Å². The molecule has 2 aromatic rings. The summed E-state index contributed by atoms with van der Waals surface area (Å²) >= 11 is 0.